The zero-order valence-corrected chi connectivity index (χ0v) is 10.9. The molecule has 0 saturated heterocycles. The van der Waals surface area contributed by atoms with Crippen LogP contribution in [0, 0.1) is 6.92 Å². The lowest BCUT2D eigenvalue weighted by atomic mass is 10.2. The molecule has 104 valence electrons. The van der Waals surface area contributed by atoms with Crippen molar-refractivity contribution in [2.75, 3.05) is 0 Å². The summed E-state index contributed by atoms with van der Waals surface area (Å²) in [6.07, 6.45) is -0.0974. The minimum Gasteiger partial charge on any atom is -0.506 e. The van der Waals surface area contributed by atoms with Gasteiger partial charge in [-0.3, -0.25) is 9.59 Å². The second kappa shape index (κ2) is 5.56. The van der Waals surface area contributed by atoms with Crippen molar-refractivity contribution in [3.8, 4) is 11.4 Å². The van der Waals surface area contributed by atoms with Crippen LogP contribution in [0.15, 0.2) is 35.1 Å². The number of carboxylic acid groups (broad SMARTS) is 1. The molecule has 2 aromatic rings. The molecule has 6 heteroatoms. The molecule has 1 aromatic heterocycles. The number of aliphatic carboxylic acids is 1. The first kappa shape index (κ1) is 13.8. The third kappa shape index (κ3) is 3.03. The number of hydrogen-bond acceptors (Lipinski definition) is 4. The lowest BCUT2D eigenvalue weighted by Crippen LogP contribution is -2.22. The molecule has 0 fully saturated rings. The number of nitrogens with zero attached hydrogens (tertiary/aromatic N) is 2. The quantitative estimate of drug-likeness (QED) is 0.875. The van der Waals surface area contributed by atoms with Gasteiger partial charge in [-0.25, -0.2) is 0 Å². The summed E-state index contributed by atoms with van der Waals surface area (Å²) < 4.78 is 1.16. The molecule has 0 aliphatic carbocycles. The zero-order valence-electron chi connectivity index (χ0n) is 10.9. The van der Waals surface area contributed by atoms with Gasteiger partial charge in [0.25, 0.3) is 5.56 Å². The molecule has 0 aliphatic heterocycles. The topological polar surface area (TPSA) is 92.4 Å². The van der Waals surface area contributed by atoms with Crippen molar-refractivity contribution in [3.05, 3.63) is 51.9 Å². The Hall–Kier alpha value is -2.63. The summed E-state index contributed by atoms with van der Waals surface area (Å²) in [7, 11) is 0. The van der Waals surface area contributed by atoms with Gasteiger partial charge in [-0.15, -0.1) is 0 Å². The van der Waals surface area contributed by atoms with E-state index in [9.17, 15) is 14.7 Å². The number of aromatic hydroxyl groups is 1. The van der Waals surface area contributed by atoms with Crippen LogP contribution in [0.3, 0.4) is 0 Å². The summed E-state index contributed by atoms with van der Waals surface area (Å²) in [5.74, 6) is -1.26. The number of benzene rings is 1. The van der Waals surface area contributed by atoms with Crippen molar-refractivity contribution in [2.45, 2.75) is 19.8 Å². The van der Waals surface area contributed by atoms with E-state index < -0.39 is 11.5 Å². The van der Waals surface area contributed by atoms with E-state index >= 15 is 0 Å². The molecule has 0 aliphatic rings. The van der Waals surface area contributed by atoms with E-state index in [4.69, 9.17) is 5.11 Å². The van der Waals surface area contributed by atoms with Gasteiger partial charge in [-0.05, 0) is 24.6 Å². The Morgan fingerprint density at radius 1 is 1.35 bits per heavy atom. The van der Waals surface area contributed by atoms with Crippen LogP contribution in [0.4, 0.5) is 0 Å². The fourth-order valence-corrected chi connectivity index (χ4v) is 1.83. The summed E-state index contributed by atoms with van der Waals surface area (Å²) in [6.45, 7) is 1.89. The zero-order chi connectivity index (χ0) is 14.7. The van der Waals surface area contributed by atoms with Crippen LogP contribution >= 0.6 is 0 Å². The number of carboxylic acids is 1. The van der Waals surface area contributed by atoms with Gasteiger partial charge in [0.15, 0.2) is 0 Å². The molecule has 0 spiro atoms. The van der Waals surface area contributed by atoms with Gasteiger partial charge in [0.2, 0.25) is 0 Å². The maximum atomic E-state index is 11.9. The van der Waals surface area contributed by atoms with Crippen molar-refractivity contribution in [1.29, 1.82) is 0 Å². The number of aromatic nitrogens is 2. The molecule has 0 saturated carbocycles. The lowest BCUT2D eigenvalue weighted by Gasteiger charge is -2.08. The van der Waals surface area contributed by atoms with Gasteiger partial charge < -0.3 is 10.2 Å². The molecule has 0 radical (unpaired) electrons. The van der Waals surface area contributed by atoms with Crippen molar-refractivity contribution in [2.24, 2.45) is 0 Å². The van der Waals surface area contributed by atoms with Crippen molar-refractivity contribution in [1.82, 2.24) is 9.78 Å². The summed E-state index contributed by atoms with van der Waals surface area (Å²) in [4.78, 5) is 22.4. The van der Waals surface area contributed by atoms with Crippen molar-refractivity contribution in [3.63, 3.8) is 0 Å². The molecule has 20 heavy (non-hydrogen) atoms. The van der Waals surface area contributed by atoms with Gasteiger partial charge in [-0.2, -0.15) is 9.78 Å². The monoisotopic (exact) mass is 274 g/mol. The third-order valence-corrected chi connectivity index (χ3v) is 2.81. The molecule has 0 amide bonds. The van der Waals surface area contributed by atoms with Crippen LogP contribution < -0.4 is 5.56 Å². The standard InChI is InChI=1S/C14H14N2O4/c1-9-3-2-4-10(7-9)16-13(18)8-12(17)11(15-16)5-6-14(19)20/h2-4,7-8,17H,5-6H2,1H3,(H,19,20). The summed E-state index contributed by atoms with van der Waals surface area (Å²) in [6, 6.07) is 8.24. The minimum atomic E-state index is -0.987. The van der Waals surface area contributed by atoms with E-state index in [-0.39, 0.29) is 24.3 Å². The summed E-state index contributed by atoms with van der Waals surface area (Å²) >= 11 is 0. The number of hydrogen-bond donors (Lipinski definition) is 2. The Kier molecular flexibility index (Phi) is 3.84. The van der Waals surface area contributed by atoms with Gasteiger partial charge in [0, 0.05) is 12.5 Å². The van der Waals surface area contributed by atoms with Crippen molar-refractivity contribution < 1.29 is 15.0 Å². The minimum absolute atomic E-state index is 0.0628. The first-order valence-electron chi connectivity index (χ1n) is 6.08. The van der Waals surface area contributed by atoms with Gasteiger partial charge in [-0.1, -0.05) is 12.1 Å². The van der Waals surface area contributed by atoms with Crippen LogP contribution in [0.1, 0.15) is 17.7 Å². The average Bonchev–Trinajstić information content (AvgIpc) is 2.37. The Balaban J connectivity index is 2.46. The molecule has 1 heterocycles. The van der Waals surface area contributed by atoms with Crippen LogP contribution in [0.25, 0.3) is 5.69 Å². The SMILES string of the molecule is Cc1cccc(-n2nc(CCC(=O)O)c(O)cc2=O)c1. The molecule has 1 aromatic carbocycles. The molecule has 0 bridgehead atoms. The molecule has 6 nitrogen and oxygen atoms in total. The fraction of sp³-hybridized carbons (Fsp3) is 0.214. The highest BCUT2D eigenvalue weighted by molar-refractivity contribution is 5.67. The summed E-state index contributed by atoms with van der Waals surface area (Å²) in [5, 5.41) is 22.4. The van der Waals surface area contributed by atoms with E-state index in [1.54, 1.807) is 18.2 Å². The number of rotatable bonds is 4. The Morgan fingerprint density at radius 2 is 2.10 bits per heavy atom. The predicted octanol–water partition coefficient (Wildman–Crippen LogP) is 1.26. The van der Waals surface area contributed by atoms with Gasteiger partial charge in [0.1, 0.15) is 11.4 Å². The van der Waals surface area contributed by atoms with Crippen LogP contribution in [-0.4, -0.2) is 26.0 Å². The smallest absolute Gasteiger partial charge is 0.303 e. The first-order valence-corrected chi connectivity index (χ1v) is 6.08. The normalized spacial score (nSPS) is 10.4. The van der Waals surface area contributed by atoms with E-state index in [0.717, 1.165) is 16.3 Å². The molecular weight excluding hydrogens is 260 g/mol. The Labute approximate surface area is 114 Å². The Bertz CT molecular complexity index is 707. The number of carbonyl (C=O) groups is 1. The molecule has 0 unspecified atom stereocenters. The van der Waals surface area contributed by atoms with Crippen LogP contribution in [0.5, 0.6) is 5.75 Å². The van der Waals surface area contributed by atoms with Gasteiger partial charge in [0.05, 0.1) is 12.1 Å². The van der Waals surface area contributed by atoms with E-state index in [0.29, 0.717) is 5.69 Å². The largest absolute Gasteiger partial charge is 0.506 e. The average molecular weight is 274 g/mol. The summed E-state index contributed by atoms with van der Waals surface area (Å²) in [5.41, 5.74) is 1.27. The van der Waals surface area contributed by atoms with Gasteiger partial charge >= 0.3 is 5.97 Å². The fourth-order valence-electron chi connectivity index (χ4n) is 1.83. The number of aryl methyl sites for hydroxylation is 2. The van der Waals surface area contributed by atoms with E-state index in [1.807, 2.05) is 13.0 Å². The molecule has 2 N–H and O–H groups in total. The highest BCUT2D eigenvalue weighted by Gasteiger charge is 2.11. The van der Waals surface area contributed by atoms with E-state index in [2.05, 4.69) is 5.10 Å². The van der Waals surface area contributed by atoms with Crippen molar-refractivity contribution >= 4 is 5.97 Å². The second-order valence-corrected chi connectivity index (χ2v) is 4.46. The lowest BCUT2D eigenvalue weighted by molar-refractivity contribution is -0.136. The highest BCUT2D eigenvalue weighted by Crippen LogP contribution is 2.15. The maximum absolute atomic E-state index is 11.9. The Morgan fingerprint density at radius 3 is 2.75 bits per heavy atom. The second-order valence-electron chi connectivity index (χ2n) is 4.46. The maximum Gasteiger partial charge on any atom is 0.303 e. The highest BCUT2D eigenvalue weighted by atomic mass is 16.4. The molecule has 0 atom stereocenters. The molecule has 2 rings (SSSR count). The van der Waals surface area contributed by atoms with Crippen LogP contribution in [0.2, 0.25) is 0 Å². The molecular formula is C14H14N2O4. The third-order valence-electron chi connectivity index (χ3n) is 2.81. The first-order chi connectivity index (χ1) is 9.47. The van der Waals surface area contributed by atoms with Crippen LogP contribution in [-0.2, 0) is 11.2 Å². The predicted molar refractivity (Wildman–Crippen MR) is 72.2 cm³/mol. The van der Waals surface area contributed by atoms with E-state index in [1.165, 1.54) is 0 Å².